The number of H-pyrrole nitrogens is 1. The summed E-state index contributed by atoms with van der Waals surface area (Å²) in [5, 5.41) is 22.1. The monoisotopic (exact) mass is 907 g/mol. The Kier molecular flexibility index (Phi) is 16.3. The fraction of sp³-hybridized carbons (Fsp3) is 0.352. The van der Waals surface area contributed by atoms with Crippen LogP contribution in [-0.4, -0.2) is 106 Å². The number of carbonyl (C=O) groups excluding carboxylic acids is 3. The van der Waals surface area contributed by atoms with Crippen molar-refractivity contribution in [2.75, 3.05) is 52.4 Å². The number of hydrogen-bond acceptors (Lipinski definition) is 9. The van der Waals surface area contributed by atoms with Crippen molar-refractivity contribution in [2.45, 2.75) is 71.6 Å². The SMILES string of the molecule is CC1=C(CCN2CCNCC2c2ccc(/C=C/C(=O)NO)cc2)c2ccccc2C1.Cc1[nH]c2ccccc2c1CCN1CCN(C(=O)OC(C)(C)C)CC1c1ccc(/C=C/C(=O)NO)cc1. The van der Waals surface area contributed by atoms with E-state index in [1.165, 1.54) is 56.6 Å². The van der Waals surface area contributed by atoms with Crippen LogP contribution in [0, 0.1) is 6.92 Å². The maximum absolute atomic E-state index is 12.9. The maximum Gasteiger partial charge on any atom is 0.410 e. The number of nitrogens with one attached hydrogen (secondary N) is 4. The zero-order chi connectivity index (χ0) is 47.5. The molecule has 3 amide bonds. The van der Waals surface area contributed by atoms with Gasteiger partial charge >= 0.3 is 6.09 Å². The molecule has 1 aromatic heterocycles. The third-order valence-corrected chi connectivity index (χ3v) is 12.9. The number of allylic oxidation sites excluding steroid dienone is 1. The van der Waals surface area contributed by atoms with E-state index >= 15 is 0 Å². The first kappa shape index (κ1) is 48.6. The standard InChI is InChI=1S/C29H36N4O4.C25H29N3O2/c1-20-23(24-7-5-6-8-25(24)30-20)15-16-32-17-18-33(28(35)37-29(2,3)4)19-26(32)22-12-9-21(10-13-22)11-14-27(34)31-36;1-18-16-21-4-2-3-5-23(21)22(18)12-14-28-15-13-26-17-24(28)20-9-6-19(7-10-20)8-11-25(29)27-30/h5-14,26,30,36H,15-19H2,1-4H3,(H,31,34);2-11,24,26,30H,12-17H2,1H3,(H,27,29)/b14-11+;11-8+. The van der Waals surface area contributed by atoms with Crippen LogP contribution in [0.2, 0.25) is 0 Å². The zero-order valence-corrected chi connectivity index (χ0v) is 39.3. The molecule has 3 aliphatic rings. The van der Waals surface area contributed by atoms with E-state index in [9.17, 15) is 14.4 Å². The van der Waals surface area contributed by atoms with Crippen molar-refractivity contribution in [2.24, 2.45) is 0 Å². The molecule has 0 saturated carbocycles. The van der Waals surface area contributed by atoms with E-state index in [-0.39, 0.29) is 12.1 Å². The van der Waals surface area contributed by atoms with Gasteiger partial charge in [-0.25, -0.2) is 15.8 Å². The van der Waals surface area contributed by atoms with Gasteiger partial charge in [0.2, 0.25) is 0 Å². The highest BCUT2D eigenvalue weighted by molar-refractivity contribution is 5.91. The summed E-state index contributed by atoms with van der Waals surface area (Å²) in [7, 11) is 0. The van der Waals surface area contributed by atoms with Gasteiger partial charge in [0.25, 0.3) is 11.8 Å². The molecule has 8 rings (SSSR count). The number of para-hydroxylation sites is 1. The molecule has 2 saturated heterocycles. The van der Waals surface area contributed by atoms with Crippen molar-refractivity contribution in [3.63, 3.8) is 0 Å². The van der Waals surface area contributed by atoms with Gasteiger partial charge in [0.05, 0.1) is 6.04 Å². The normalized spacial score (nSPS) is 18.0. The number of aromatic nitrogens is 1. The molecule has 2 fully saturated rings. The molecule has 2 aliphatic heterocycles. The minimum Gasteiger partial charge on any atom is -0.444 e. The van der Waals surface area contributed by atoms with Crippen molar-refractivity contribution in [3.05, 3.63) is 159 Å². The quantitative estimate of drug-likeness (QED) is 0.0410. The number of aryl methyl sites for hydroxylation is 1. The summed E-state index contributed by atoms with van der Waals surface area (Å²) in [6, 6.07) is 33.8. The van der Waals surface area contributed by atoms with Gasteiger partial charge in [-0.3, -0.25) is 29.8 Å². The molecule has 4 aromatic carbocycles. The van der Waals surface area contributed by atoms with Crippen LogP contribution in [0.15, 0.2) is 115 Å². The molecule has 13 heteroatoms. The summed E-state index contributed by atoms with van der Waals surface area (Å²) in [5.74, 6) is -1.11. The summed E-state index contributed by atoms with van der Waals surface area (Å²) in [5.41, 5.74) is 16.4. The number of aromatic amines is 1. The van der Waals surface area contributed by atoms with Crippen LogP contribution >= 0.6 is 0 Å². The molecular formula is C54H65N7O6. The Labute approximate surface area is 394 Å². The number of benzene rings is 4. The molecular weight excluding hydrogens is 843 g/mol. The first-order valence-electron chi connectivity index (χ1n) is 23.2. The van der Waals surface area contributed by atoms with Gasteiger partial charge in [-0.15, -0.1) is 0 Å². The molecule has 0 bridgehead atoms. The number of rotatable bonds is 12. The molecule has 5 aromatic rings. The van der Waals surface area contributed by atoms with Gasteiger partial charge in [-0.2, -0.15) is 0 Å². The second-order valence-corrected chi connectivity index (χ2v) is 18.6. The van der Waals surface area contributed by atoms with Crippen LogP contribution < -0.4 is 16.3 Å². The highest BCUT2D eigenvalue weighted by atomic mass is 16.6. The second-order valence-electron chi connectivity index (χ2n) is 18.6. The number of hydrogen-bond donors (Lipinski definition) is 6. The predicted octanol–water partition coefficient (Wildman–Crippen LogP) is 8.40. The number of carbonyl (C=O) groups is 3. The highest BCUT2D eigenvalue weighted by Crippen LogP contribution is 2.36. The van der Waals surface area contributed by atoms with Crippen LogP contribution in [0.1, 0.15) is 90.8 Å². The average molecular weight is 908 g/mol. The van der Waals surface area contributed by atoms with E-state index in [1.807, 2.05) is 63.2 Å². The van der Waals surface area contributed by atoms with Crippen LogP contribution in [-0.2, 0) is 27.2 Å². The lowest BCUT2D eigenvalue weighted by Crippen LogP contribution is -2.51. The lowest BCUT2D eigenvalue weighted by atomic mass is 9.99. The van der Waals surface area contributed by atoms with Crippen molar-refractivity contribution >= 4 is 46.5 Å². The molecule has 1 aliphatic carbocycles. The Morgan fingerprint density at radius 2 is 1.34 bits per heavy atom. The van der Waals surface area contributed by atoms with Gasteiger partial charge in [0.15, 0.2) is 0 Å². The lowest BCUT2D eigenvalue weighted by Gasteiger charge is -2.42. The van der Waals surface area contributed by atoms with Crippen molar-refractivity contribution in [1.29, 1.82) is 0 Å². The first-order valence-corrected chi connectivity index (χ1v) is 23.2. The maximum atomic E-state index is 12.9. The number of nitrogens with zero attached hydrogens (tertiary/aromatic N) is 3. The van der Waals surface area contributed by atoms with E-state index in [2.05, 4.69) is 88.5 Å². The van der Waals surface area contributed by atoms with E-state index in [0.717, 1.165) is 80.7 Å². The Hall–Kier alpha value is -6.35. The summed E-state index contributed by atoms with van der Waals surface area (Å²) < 4.78 is 5.66. The van der Waals surface area contributed by atoms with Gasteiger partial charge in [-0.1, -0.05) is 96.6 Å². The minimum atomic E-state index is -0.580. The number of amides is 3. The molecule has 2 unspecified atom stereocenters. The molecule has 6 N–H and O–H groups in total. The summed E-state index contributed by atoms with van der Waals surface area (Å²) in [6.45, 7) is 16.8. The molecule has 67 heavy (non-hydrogen) atoms. The highest BCUT2D eigenvalue weighted by Gasteiger charge is 2.33. The summed E-state index contributed by atoms with van der Waals surface area (Å²) in [4.78, 5) is 45.7. The Morgan fingerprint density at radius 3 is 2.00 bits per heavy atom. The fourth-order valence-corrected chi connectivity index (χ4v) is 9.42. The molecule has 2 atom stereocenters. The van der Waals surface area contributed by atoms with Crippen LogP contribution in [0.3, 0.4) is 0 Å². The van der Waals surface area contributed by atoms with E-state index < -0.39 is 17.4 Å². The van der Waals surface area contributed by atoms with Gasteiger partial charge < -0.3 is 19.9 Å². The Balaban J connectivity index is 0.000000203. The van der Waals surface area contributed by atoms with E-state index in [4.69, 9.17) is 15.2 Å². The topological polar surface area (TPSA) is 162 Å². The first-order chi connectivity index (χ1) is 32.3. The predicted molar refractivity (Wildman–Crippen MR) is 264 cm³/mol. The number of hydroxylamine groups is 2. The number of fused-ring (bicyclic) bond motifs is 2. The third kappa shape index (κ3) is 12.8. The fourth-order valence-electron chi connectivity index (χ4n) is 9.42. The van der Waals surface area contributed by atoms with Crippen LogP contribution in [0.4, 0.5) is 4.79 Å². The van der Waals surface area contributed by atoms with Crippen LogP contribution in [0.5, 0.6) is 0 Å². The summed E-state index contributed by atoms with van der Waals surface area (Å²) in [6.07, 6.45) is 8.69. The molecule has 3 heterocycles. The smallest absolute Gasteiger partial charge is 0.410 e. The largest absolute Gasteiger partial charge is 0.444 e. The lowest BCUT2D eigenvalue weighted by molar-refractivity contribution is -0.124. The molecule has 0 spiro atoms. The average Bonchev–Trinajstić information content (AvgIpc) is 3.84. The van der Waals surface area contributed by atoms with E-state index in [1.54, 1.807) is 28.0 Å². The third-order valence-electron chi connectivity index (χ3n) is 12.9. The number of piperazine rings is 2. The Bertz CT molecular complexity index is 2590. The molecule has 13 nitrogen and oxygen atoms in total. The summed E-state index contributed by atoms with van der Waals surface area (Å²) >= 11 is 0. The van der Waals surface area contributed by atoms with Crippen molar-refractivity contribution < 1.29 is 29.5 Å². The number of ether oxygens (including phenoxy) is 1. The Morgan fingerprint density at radius 1 is 0.746 bits per heavy atom. The van der Waals surface area contributed by atoms with Crippen molar-refractivity contribution in [3.8, 4) is 0 Å². The zero-order valence-electron chi connectivity index (χ0n) is 39.3. The van der Waals surface area contributed by atoms with Gasteiger partial charge in [0, 0.05) is 87.1 Å². The molecule has 352 valence electrons. The van der Waals surface area contributed by atoms with Gasteiger partial charge in [0.1, 0.15) is 5.60 Å². The van der Waals surface area contributed by atoms with Gasteiger partial charge in [-0.05, 0) is 117 Å². The molecule has 0 radical (unpaired) electrons. The van der Waals surface area contributed by atoms with Crippen molar-refractivity contribution in [1.82, 2.24) is 36.0 Å². The second kappa shape index (κ2) is 22.4. The van der Waals surface area contributed by atoms with Crippen LogP contribution in [0.25, 0.3) is 28.6 Å². The minimum absolute atomic E-state index is 0.00514. The van der Waals surface area contributed by atoms with E-state index in [0.29, 0.717) is 19.1 Å².